The van der Waals surface area contributed by atoms with Crippen LogP contribution >= 0.6 is 0 Å². The molecule has 0 atom stereocenters. The standard InChI is InChI=1S/C14H12N4O2/c1-9-15-13(18-17-9)10-5-2-3-6-11(10)16-14(19)12-7-4-8-20-12/h2-8H,1H3,(H,16,19)(H,15,17,18). The Morgan fingerprint density at radius 1 is 1.25 bits per heavy atom. The zero-order chi connectivity index (χ0) is 13.9. The molecule has 0 unspecified atom stereocenters. The van der Waals surface area contributed by atoms with E-state index in [4.69, 9.17) is 4.42 Å². The van der Waals surface area contributed by atoms with Gasteiger partial charge in [-0.1, -0.05) is 12.1 Å². The summed E-state index contributed by atoms with van der Waals surface area (Å²) < 4.78 is 5.07. The van der Waals surface area contributed by atoms with Gasteiger partial charge in [-0.15, -0.1) is 0 Å². The zero-order valence-corrected chi connectivity index (χ0v) is 10.8. The summed E-state index contributed by atoms with van der Waals surface area (Å²) in [6, 6.07) is 10.6. The minimum atomic E-state index is -0.310. The Balaban J connectivity index is 1.92. The second-order valence-electron chi connectivity index (χ2n) is 4.22. The molecule has 3 aromatic rings. The first-order valence-electron chi connectivity index (χ1n) is 6.07. The van der Waals surface area contributed by atoms with Gasteiger partial charge >= 0.3 is 0 Å². The highest BCUT2D eigenvalue weighted by Crippen LogP contribution is 2.25. The Morgan fingerprint density at radius 3 is 2.80 bits per heavy atom. The molecule has 2 N–H and O–H groups in total. The smallest absolute Gasteiger partial charge is 0.291 e. The van der Waals surface area contributed by atoms with E-state index >= 15 is 0 Å². The predicted octanol–water partition coefficient (Wildman–Crippen LogP) is 2.63. The van der Waals surface area contributed by atoms with Crippen molar-refractivity contribution in [3.8, 4) is 11.4 Å². The van der Waals surface area contributed by atoms with Crippen molar-refractivity contribution in [2.75, 3.05) is 5.32 Å². The van der Waals surface area contributed by atoms with Gasteiger partial charge in [-0.2, -0.15) is 5.10 Å². The molecule has 0 bridgehead atoms. The molecular weight excluding hydrogens is 256 g/mol. The normalized spacial score (nSPS) is 10.4. The van der Waals surface area contributed by atoms with Crippen molar-refractivity contribution < 1.29 is 9.21 Å². The Labute approximate surface area is 114 Å². The molecule has 0 aliphatic carbocycles. The minimum Gasteiger partial charge on any atom is -0.459 e. The highest BCUT2D eigenvalue weighted by molar-refractivity contribution is 6.04. The Bertz CT molecular complexity index is 731. The number of nitrogens with one attached hydrogen (secondary N) is 2. The van der Waals surface area contributed by atoms with Gasteiger partial charge in [-0.25, -0.2) is 4.98 Å². The summed E-state index contributed by atoms with van der Waals surface area (Å²) in [6.07, 6.45) is 1.46. The molecule has 0 aliphatic heterocycles. The third-order valence-corrected chi connectivity index (χ3v) is 2.76. The predicted molar refractivity (Wildman–Crippen MR) is 73.2 cm³/mol. The van der Waals surface area contributed by atoms with E-state index < -0.39 is 0 Å². The van der Waals surface area contributed by atoms with Gasteiger partial charge < -0.3 is 9.73 Å². The monoisotopic (exact) mass is 268 g/mol. The maximum atomic E-state index is 12.0. The van der Waals surface area contributed by atoms with Crippen LogP contribution in [0.5, 0.6) is 0 Å². The largest absolute Gasteiger partial charge is 0.459 e. The van der Waals surface area contributed by atoms with Gasteiger partial charge in [0, 0.05) is 5.56 Å². The maximum Gasteiger partial charge on any atom is 0.291 e. The number of carbonyl (C=O) groups is 1. The molecule has 1 aromatic carbocycles. The van der Waals surface area contributed by atoms with Crippen LogP contribution in [0.2, 0.25) is 0 Å². The molecule has 0 spiro atoms. The second kappa shape index (κ2) is 5.00. The van der Waals surface area contributed by atoms with Gasteiger partial charge in [0.05, 0.1) is 12.0 Å². The van der Waals surface area contributed by atoms with Crippen LogP contribution in [-0.4, -0.2) is 21.1 Å². The van der Waals surface area contributed by atoms with Gasteiger partial charge in [-0.3, -0.25) is 9.89 Å². The third-order valence-electron chi connectivity index (χ3n) is 2.76. The highest BCUT2D eigenvalue weighted by atomic mass is 16.3. The molecule has 100 valence electrons. The molecule has 0 aliphatic rings. The van der Waals surface area contributed by atoms with Crippen molar-refractivity contribution in [3.63, 3.8) is 0 Å². The van der Waals surface area contributed by atoms with Crippen molar-refractivity contribution in [1.82, 2.24) is 15.2 Å². The molecule has 20 heavy (non-hydrogen) atoms. The average Bonchev–Trinajstić information content (AvgIpc) is 3.10. The topological polar surface area (TPSA) is 83.8 Å². The summed E-state index contributed by atoms with van der Waals surface area (Å²) in [5.41, 5.74) is 1.38. The number of aromatic amines is 1. The number of hydrogen-bond donors (Lipinski definition) is 2. The van der Waals surface area contributed by atoms with E-state index in [0.717, 1.165) is 5.56 Å². The number of carbonyl (C=O) groups excluding carboxylic acids is 1. The number of anilines is 1. The van der Waals surface area contributed by atoms with Gasteiger partial charge in [0.15, 0.2) is 11.6 Å². The molecule has 2 aromatic heterocycles. The number of nitrogens with zero attached hydrogens (tertiary/aromatic N) is 2. The quantitative estimate of drug-likeness (QED) is 0.764. The zero-order valence-electron chi connectivity index (χ0n) is 10.8. The molecule has 0 fully saturated rings. The summed E-state index contributed by atoms with van der Waals surface area (Å²) in [5, 5.41) is 9.68. The lowest BCUT2D eigenvalue weighted by molar-refractivity contribution is 0.0996. The number of benzene rings is 1. The van der Waals surface area contributed by atoms with E-state index in [1.54, 1.807) is 18.2 Å². The fourth-order valence-corrected chi connectivity index (χ4v) is 1.84. The lowest BCUT2D eigenvalue weighted by atomic mass is 10.1. The van der Waals surface area contributed by atoms with E-state index in [2.05, 4.69) is 20.5 Å². The van der Waals surface area contributed by atoms with Crippen molar-refractivity contribution in [3.05, 3.63) is 54.2 Å². The number of amides is 1. The fourth-order valence-electron chi connectivity index (χ4n) is 1.84. The van der Waals surface area contributed by atoms with Gasteiger partial charge in [0.25, 0.3) is 5.91 Å². The van der Waals surface area contributed by atoms with E-state index in [1.165, 1.54) is 6.26 Å². The summed E-state index contributed by atoms with van der Waals surface area (Å²) in [4.78, 5) is 16.3. The van der Waals surface area contributed by atoms with Crippen molar-refractivity contribution in [2.45, 2.75) is 6.92 Å². The Hall–Kier alpha value is -2.89. The van der Waals surface area contributed by atoms with Crippen molar-refractivity contribution >= 4 is 11.6 Å². The molecule has 0 saturated heterocycles. The fraction of sp³-hybridized carbons (Fsp3) is 0.0714. The van der Waals surface area contributed by atoms with Crippen LogP contribution < -0.4 is 5.32 Å². The molecule has 0 saturated carbocycles. The van der Waals surface area contributed by atoms with Gasteiger partial charge in [0.1, 0.15) is 5.82 Å². The van der Waals surface area contributed by atoms with E-state index in [-0.39, 0.29) is 11.7 Å². The second-order valence-corrected chi connectivity index (χ2v) is 4.22. The molecular formula is C14H12N4O2. The van der Waals surface area contributed by atoms with Crippen LogP contribution in [0, 0.1) is 6.92 Å². The van der Waals surface area contributed by atoms with Gasteiger partial charge in [0.2, 0.25) is 0 Å². The number of para-hydroxylation sites is 1. The number of aromatic nitrogens is 3. The molecule has 0 radical (unpaired) electrons. The van der Waals surface area contributed by atoms with Crippen LogP contribution in [0.1, 0.15) is 16.4 Å². The minimum absolute atomic E-state index is 0.256. The van der Waals surface area contributed by atoms with E-state index in [9.17, 15) is 4.79 Å². The van der Waals surface area contributed by atoms with E-state index in [1.807, 2.05) is 25.1 Å². The molecule has 3 rings (SSSR count). The number of rotatable bonds is 3. The highest BCUT2D eigenvalue weighted by Gasteiger charge is 2.14. The van der Waals surface area contributed by atoms with Crippen LogP contribution in [0.4, 0.5) is 5.69 Å². The van der Waals surface area contributed by atoms with Crippen molar-refractivity contribution in [2.24, 2.45) is 0 Å². The summed E-state index contributed by atoms with van der Waals surface area (Å²) in [6.45, 7) is 1.82. The van der Waals surface area contributed by atoms with Crippen LogP contribution in [0.25, 0.3) is 11.4 Å². The molecule has 2 heterocycles. The number of furan rings is 1. The average molecular weight is 268 g/mol. The van der Waals surface area contributed by atoms with Crippen LogP contribution in [0.3, 0.4) is 0 Å². The number of aryl methyl sites for hydroxylation is 1. The number of hydrogen-bond acceptors (Lipinski definition) is 4. The number of H-pyrrole nitrogens is 1. The van der Waals surface area contributed by atoms with Crippen molar-refractivity contribution in [1.29, 1.82) is 0 Å². The van der Waals surface area contributed by atoms with Crippen LogP contribution in [0.15, 0.2) is 47.1 Å². The first-order valence-corrected chi connectivity index (χ1v) is 6.07. The Kier molecular flexibility index (Phi) is 3.04. The lowest BCUT2D eigenvalue weighted by Gasteiger charge is -2.07. The van der Waals surface area contributed by atoms with Crippen LogP contribution in [-0.2, 0) is 0 Å². The lowest BCUT2D eigenvalue weighted by Crippen LogP contribution is -2.11. The summed E-state index contributed by atoms with van der Waals surface area (Å²) in [7, 11) is 0. The summed E-state index contributed by atoms with van der Waals surface area (Å²) in [5.74, 6) is 1.20. The Morgan fingerprint density at radius 2 is 2.10 bits per heavy atom. The first-order chi connectivity index (χ1) is 9.74. The molecule has 6 heteroatoms. The SMILES string of the molecule is Cc1nc(-c2ccccc2NC(=O)c2ccco2)n[nH]1. The molecule has 1 amide bonds. The molecule has 6 nitrogen and oxygen atoms in total. The maximum absolute atomic E-state index is 12.0. The van der Waals surface area contributed by atoms with E-state index in [0.29, 0.717) is 17.3 Å². The third kappa shape index (κ3) is 2.31. The summed E-state index contributed by atoms with van der Waals surface area (Å²) >= 11 is 0. The first kappa shape index (κ1) is 12.2. The van der Waals surface area contributed by atoms with Gasteiger partial charge in [-0.05, 0) is 31.2 Å².